The molecule has 2 aliphatic heterocycles. The predicted molar refractivity (Wildman–Crippen MR) is 119 cm³/mol. The summed E-state index contributed by atoms with van der Waals surface area (Å²) in [6.45, 7) is 5.66. The van der Waals surface area contributed by atoms with Gasteiger partial charge in [-0.15, -0.1) is 0 Å². The highest BCUT2D eigenvalue weighted by atomic mass is 16.5. The van der Waals surface area contributed by atoms with Gasteiger partial charge in [-0.25, -0.2) is 0 Å². The minimum atomic E-state index is -0.585. The Kier molecular flexibility index (Phi) is 8.07. The summed E-state index contributed by atoms with van der Waals surface area (Å²) in [5.41, 5.74) is 7.93. The Balaban J connectivity index is 1.45. The number of carbonyl (C=O) groups is 3. The highest BCUT2D eigenvalue weighted by molar-refractivity contribution is 6.06. The lowest BCUT2D eigenvalue weighted by molar-refractivity contribution is -0.152. The van der Waals surface area contributed by atoms with E-state index < -0.39 is 6.04 Å². The Morgan fingerprint density at radius 3 is 2.48 bits per heavy atom. The summed E-state index contributed by atoms with van der Waals surface area (Å²) in [6.07, 6.45) is 7.16. The maximum atomic E-state index is 13.1. The van der Waals surface area contributed by atoms with E-state index in [1.807, 2.05) is 13.8 Å². The van der Waals surface area contributed by atoms with E-state index in [9.17, 15) is 14.4 Å². The first-order valence-electron chi connectivity index (χ1n) is 11.5. The number of ether oxygens (including phenoxy) is 1. The van der Waals surface area contributed by atoms with Crippen LogP contribution in [-0.2, 0) is 20.9 Å². The van der Waals surface area contributed by atoms with Crippen LogP contribution in [0.25, 0.3) is 0 Å². The van der Waals surface area contributed by atoms with Gasteiger partial charge in [0.2, 0.25) is 5.91 Å². The van der Waals surface area contributed by atoms with Crippen LogP contribution in [0.2, 0.25) is 0 Å². The van der Waals surface area contributed by atoms with Crippen LogP contribution in [0.5, 0.6) is 0 Å². The quantitative estimate of drug-likeness (QED) is 0.330. The Morgan fingerprint density at radius 1 is 1.06 bits per heavy atom. The molecule has 1 saturated heterocycles. The molecule has 0 spiro atoms. The third-order valence-electron chi connectivity index (χ3n) is 6.12. The van der Waals surface area contributed by atoms with Gasteiger partial charge in [0.05, 0.1) is 6.10 Å². The number of benzene rings is 1. The molecular weight excluding hydrogens is 394 g/mol. The number of unbranched alkanes of at least 4 members (excludes halogenated alkanes) is 5. The van der Waals surface area contributed by atoms with Crippen molar-refractivity contribution in [2.45, 2.75) is 83.9 Å². The normalized spacial score (nSPS) is 18.9. The number of rotatable bonds is 11. The number of hydrogen-bond donors (Lipinski definition) is 1. The predicted octanol–water partition coefficient (Wildman–Crippen LogP) is 3.51. The van der Waals surface area contributed by atoms with Gasteiger partial charge < -0.3 is 15.4 Å². The number of hydrogen-bond acceptors (Lipinski definition) is 5. The molecule has 0 aromatic heterocycles. The molecule has 1 fully saturated rings. The van der Waals surface area contributed by atoms with Gasteiger partial charge in [0, 0.05) is 42.9 Å². The first-order valence-corrected chi connectivity index (χ1v) is 11.5. The maximum absolute atomic E-state index is 13.1. The van der Waals surface area contributed by atoms with E-state index in [4.69, 9.17) is 10.5 Å². The fraction of sp³-hybridized carbons (Fsp3) is 0.625. The number of nitrogens with zero attached hydrogens (tertiary/aromatic N) is 2. The highest BCUT2D eigenvalue weighted by Gasteiger charge is 2.42. The molecule has 1 atom stereocenters. The molecule has 0 radical (unpaired) electrons. The van der Waals surface area contributed by atoms with E-state index in [0.717, 1.165) is 50.7 Å². The van der Waals surface area contributed by atoms with E-state index in [2.05, 4.69) is 0 Å². The standard InChI is InChI=1S/C24H35N3O4/c1-17(2)31-15-8-6-4-3-5-7-14-26-22(28)13-12-21(24(26)30)27-16-19-18(23(27)29)10-9-11-20(19)25/h9-11,17,21H,3-8,12-16,25H2,1-2H3. The van der Waals surface area contributed by atoms with E-state index in [-0.39, 0.29) is 23.8 Å². The van der Waals surface area contributed by atoms with Crippen LogP contribution in [0, 0.1) is 0 Å². The number of amides is 3. The SMILES string of the molecule is CC(C)OCCCCCCCCN1C(=O)CCC(N2Cc3c(N)cccc3C2=O)C1=O. The summed E-state index contributed by atoms with van der Waals surface area (Å²) in [4.78, 5) is 41.2. The van der Waals surface area contributed by atoms with Gasteiger partial charge in [-0.05, 0) is 45.2 Å². The number of fused-ring (bicyclic) bond motifs is 1. The molecule has 170 valence electrons. The molecule has 2 N–H and O–H groups in total. The summed E-state index contributed by atoms with van der Waals surface area (Å²) in [7, 11) is 0. The van der Waals surface area contributed by atoms with Crippen molar-refractivity contribution in [2.75, 3.05) is 18.9 Å². The van der Waals surface area contributed by atoms with Crippen molar-refractivity contribution < 1.29 is 19.1 Å². The summed E-state index contributed by atoms with van der Waals surface area (Å²) in [6, 6.07) is 4.69. The average molecular weight is 430 g/mol. The van der Waals surface area contributed by atoms with Crippen molar-refractivity contribution in [3.8, 4) is 0 Å². The molecule has 0 aliphatic carbocycles. The van der Waals surface area contributed by atoms with Crippen LogP contribution in [0.4, 0.5) is 5.69 Å². The zero-order valence-corrected chi connectivity index (χ0v) is 18.8. The molecule has 3 amide bonds. The van der Waals surface area contributed by atoms with Crippen LogP contribution in [0.15, 0.2) is 18.2 Å². The largest absolute Gasteiger partial charge is 0.398 e. The zero-order chi connectivity index (χ0) is 22.4. The molecule has 2 heterocycles. The van der Waals surface area contributed by atoms with E-state index >= 15 is 0 Å². The van der Waals surface area contributed by atoms with Crippen LogP contribution in [-0.4, -0.2) is 52.8 Å². The lowest BCUT2D eigenvalue weighted by Crippen LogP contribution is -2.54. The first kappa shape index (κ1) is 23.3. The van der Waals surface area contributed by atoms with Crippen molar-refractivity contribution in [2.24, 2.45) is 0 Å². The topological polar surface area (TPSA) is 92.9 Å². The molecule has 2 aliphatic rings. The molecular formula is C24H35N3O4. The van der Waals surface area contributed by atoms with Crippen molar-refractivity contribution in [1.82, 2.24) is 9.80 Å². The molecule has 0 bridgehead atoms. The summed E-state index contributed by atoms with van der Waals surface area (Å²) < 4.78 is 5.54. The van der Waals surface area contributed by atoms with Gasteiger partial charge in [-0.1, -0.05) is 31.7 Å². The van der Waals surface area contributed by atoms with Gasteiger partial charge >= 0.3 is 0 Å². The molecule has 7 heteroatoms. The number of nitrogens with two attached hydrogens (primary N) is 1. The monoisotopic (exact) mass is 429 g/mol. The minimum absolute atomic E-state index is 0.129. The van der Waals surface area contributed by atoms with E-state index in [0.29, 0.717) is 37.2 Å². The van der Waals surface area contributed by atoms with Crippen LogP contribution < -0.4 is 5.73 Å². The van der Waals surface area contributed by atoms with Gasteiger partial charge in [-0.2, -0.15) is 0 Å². The number of nitrogen functional groups attached to an aromatic ring is 1. The highest BCUT2D eigenvalue weighted by Crippen LogP contribution is 2.32. The van der Waals surface area contributed by atoms with Crippen molar-refractivity contribution in [3.05, 3.63) is 29.3 Å². The van der Waals surface area contributed by atoms with Crippen molar-refractivity contribution in [3.63, 3.8) is 0 Å². The second kappa shape index (κ2) is 10.8. The van der Waals surface area contributed by atoms with Crippen molar-refractivity contribution >= 4 is 23.4 Å². The lowest BCUT2D eigenvalue weighted by atomic mass is 10.0. The number of anilines is 1. The van der Waals surface area contributed by atoms with Crippen LogP contribution >= 0.6 is 0 Å². The lowest BCUT2D eigenvalue weighted by Gasteiger charge is -2.35. The van der Waals surface area contributed by atoms with Gasteiger partial charge in [0.15, 0.2) is 0 Å². The van der Waals surface area contributed by atoms with Crippen LogP contribution in [0.1, 0.15) is 81.1 Å². The Hall–Kier alpha value is -2.41. The second-order valence-corrected chi connectivity index (χ2v) is 8.79. The Labute approximate surface area is 184 Å². The maximum Gasteiger partial charge on any atom is 0.255 e. The molecule has 0 saturated carbocycles. The summed E-state index contributed by atoms with van der Waals surface area (Å²) >= 11 is 0. The number of imide groups is 1. The van der Waals surface area contributed by atoms with Gasteiger partial charge in [-0.3, -0.25) is 19.3 Å². The summed E-state index contributed by atoms with van der Waals surface area (Å²) in [5, 5.41) is 0. The Morgan fingerprint density at radius 2 is 1.77 bits per heavy atom. The molecule has 1 aromatic rings. The molecule has 1 aromatic carbocycles. The third kappa shape index (κ3) is 5.64. The third-order valence-corrected chi connectivity index (χ3v) is 6.12. The average Bonchev–Trinajstić information content (AvgIpc) is 3.06. The van der Waals surface area contributed by atoms with Crippen molar-refractivity contribution in [1.29, 1.82) is 0 Å². The van der Waals surface area contributed by atoms with E-state index in [1.54, 1.807) is 23.1 Å². The van der Waals surface area contributed by atoms with Gasteiger partial charge in [0.1, 0.15) is 6.04 Å². The summed E-state index contributed by atoms with van der Waals surface area (Å²) in [5.74, 6) is -0.547. The number of piperidine rings is 1. The Bertz CT molecular complexity index is 808. The van der Waals surface area contributed by atoms with Gasteiger partial charge in [0.25, 0.3) is 11.8 Å². The first-order chi connectivity index (χ1) is 14.9. The molecule has 3 rings (SSSR count). The fourth-order valence-electron chi connectivity index (χ4n) is 4.37. The molecule has 1 unspecified atom stereocenters. The smallest absolute Gasteiger partial charge is 0.255 e. The fourth-order valence-corrected chi connectivity index (χ4v) is 4.37. The molecule has 31 heavy (non-hydrogen) atoms. The van der Waals surface area contributed by atoms with E-state index in [1.165, 1.54) is 4.90 Å². The minimum Gasteiger partial charge on any atom is -0.398 e. The van der Waals surface area contributed by atoms with Crippen LogP contribution in [0.3, 0.4) is 0 Å². The zero-order valence-electron chi connectivity index (χ0n) is 18.8. The molecule has 7 nitrogen and oxygen atoms in total. The number of likely N-dealkylation sites (tertiary alicyclic amines) is 1. The number of carbonyl (C=O) groups excluding carboxylic acids is 3. The second-order valence-electron chi connectivity index (χ2n) is 8.79.